The lowest BCUT2D eigenvalue weighted by molar-refractivity contribution is -0.123. The Morgan fingerprint density at radius 1 is 1.29 bits per heavy atom. The molecule has 0 atom stereocenters. The van der Waals surface area contributed by atoms with Crippen LogP contribution < -0.4 is 0 Å². The molecule has 17 heavy (non-hydrogen) atoms. The summed E-state index contributed by atoms with van der Waals surface area (Å²) >= 11 is 0. The van der Waals surface area contributed by atoms with Crippen LogP contribution in [0, 0.1) is 11.6 Å². The fourth-order valence-electron chi connectivity index (χ4n) is 1.49. The monoisotopic (exact) mass is 242 g/mol. The van der Waals surface area contributed by atoms with Gasteiger partial charge >= 0.3 is 0 Å². The smallest absolute Gasteiger partial charge is 0.159 e. The van der Waals surface area contributed by atoms with Gasteiger partial charge in [0.15, 0.2) is 11.6 Å². The van der Waals surface area contributed by atoms with Gasteiger partial charge in [0.05, 0.1) is 5.60 Å². The van der Waals surface area contributed by atoms with Gasteiger partial charge in [-0.3, -0.25) is 4.79 Å². The van der Waals surface area contributed by atoms with Crippen molar-refractivity contribution < 1.29 is 18.3 Å². The van der Waals surface area contributed by atoms with Gasteiger partial charge in [-0.15, -0.1) is 0 Å². The van der Waals surface area contributed by atoms with E-state index in [1.54, 1.807) is 13.8 Å². The van der Waals surface area contributed by atoms with Crippen molar-refractivity contribution in [1.29, 1.82) is 0 Å². The highest BCUT2D eigenvalue weighted by Crippen LogP contribution is 2.16. The Bertz CT molecular complexity index is 414. The molecular weight excluding hydrogens is 226 g/mol. The van der Waals surface area contributed by atoms with Gasteiger partial charge in [0.1, 0.15) is 5.78 Å². The van der Waals surface area contributed by atoms with E-state index >= 15 is 0 Å². The molecule has 0 bridgehead atoms. The third kappa shape index (κ3) is 4.23. The number of rotatable bonds is 5. The van der Waals surface area contributed by atoms with Gasteiger partial charge in [0, 0.05) is 20.0 Å². The maximum absolute atomic E-state index is 12.9. The molecule has 2 nitrogen and oxygen atoms in total. The fraction of sp³-hybridized carbons (Fsp3) is 0.462. The molecule has 0 unspecified atom stereocenters. The number of hydrogen-bond acceptors (Lipinski definition) is 2. The van der Waals surface area contributed by atoms with Crippen LogP contribution >= 0.6 is 0 Å². The molecule has 0 aromatic heterocycles. The molecule has 0 radical (unpaired) electrons. The van der Waals surface area contributed by atoms with Crippen molar-refractivity contribution in [2.75, 3.05) is 7.11 Å². The van der Waals surface area contributed by atoms with Crippen LogP contribution in [0.4, 0.5) is 8.78 Å². The van der Waals surface area contributed by atoms with Gasteiger partial charge in [0.2, 0.25) is 0 Å². The molecule has 1 aromatic rings. The number of ether oxygens (including phenoxy) is 1. The highest BCUT2D eigenvalue weighted by molar-refractivity contribution is 5.81. The standard InChI is InChI=1S/C13H16F2O2/c1-13(2,17-3)8-10(16)6-9-4-5-11(14)12(15)7-9/h4-5,7H,6,8H2,1-3H3. The SMILES string of the molecule is COC(C)(C)CC(=O)Cc1ccc(F)c(F)c1. The first-order chi connectivity index (χ1) is 7.84. The molecule has 4 heteroatoms. The Hall–Kier alpha value is -1.29. The average Bonchev–Trinajstić information content (AvgIpc) is 2.23. The lowest BCUT2D eigenvalue weighted by Crippen LogP contribution is -2.27. The molecule has 0 saturated carbocycles. The van der Waals surface area contributed by atoms with Crippen molar-refractivity contribution in [3.8, 4) is 0 Å². The van der Waals surface area contributed by atoms with E-state index in [-0.39, 0.29) is 18.6 Å². The zero-order valence-electron chi connectivity index (χ0n) is 10.2. The number of carbonyl (C=O) groups is 1. The first-order valence-corrected chi connectivity index (χ1v) is 5.35. The van der Waals surface area contributed by atoms with Crippen molar-refractivity contribution in [2.45, 2.75) is 32.3 Å². The molecule has 0 fully saturated rings. The van der Waals surface area contributed by atoms with E-state index in [1.807, 2.05) is 0 Å². The minimum atomic E-state index is -0.929. The predicted molar refractivity (Wildman–Crippen MR) is 60.8 cm³/mol. The topological polar surface area (TPSA) is 26.3 Å². The maximum Gasteiger partial charge on any atom is 0.159 e. The van der Waals surface area contributed by atoms with Crippen LogP contribution in [0.5, 0.6) is 0 Å². The normalized spacial score (nSPS) is 11.6. The van der Waals surface area contributed by atoms with E-state index in [9.17, 15) is 13.6 Å². The molecule has 0 saturated heterocycles. The van der Waals surface area contributed by atoms with Gasteiger partial charge in [-0.2, -0.15) is 0 Å². The molecule has 94 valence electrons. The van der Waals surface area contributed by atoms with E-state index in [4.69, 9.17) is 4.74 Å². The summed E-state index contributed by atoms with van der Waals surface area (Å²) in [5.41, 5.74) is -0.0591. The van der Waals surface area contributed by atoms with E-state index in [0.717, 1.165) is 12.1 Å². The summed E-state index contributed by atoms with van der Waals surface area (Å²) in [6.07, 6.45) is 0.326. The first kappa shape index (κ1) is 13.8. The van der Waals surface area contributed by atoms with Crippen LogP contribution in [0.1, 0.15) is 25.8 Å². The Labute approximate surface area is 99.6 Å². The van der Waals surface area contributed by atoms with Crippen LogP contribution in [0.15, 0.2) is 18.2 Å². The number of carbonyl (C=O) groups excluding carboxylic acids is 1. The van der Waals surface area contributed by atoms with Gasteiger partial charge in [-0.05, 0) is 31.5 Å². The highest BCUT2D eigenvalue weighted by Gasteiger charge is 2.21. The summed E-state index contributed by atoms with van der Waals surface area (Å²) in [5, 5.41) is 0. The second-order valence-electron chi connectivity index (χ2n) is 4.60. The third-order valence-electron chi connectivity index (χ3n) is 2.56. The second-order valence-corrected chi connectivity index (χ2v) is 4.60. The van der Waals surface area contributed by atoms with E-state index in [2.05, 4.69) is 0 Å². The van der Waals surface area contributed by atoms with Gasteiger partial charge in [-0.25, -0.2) is 8.78 Å². The molecular formula is C13H16F2O2. The van der Waals surface area contributed by atoms with E-state index < -0.39 is 17.2 Å². The number of Topliss-reactive ketones (excluding diaryl/α,β-unsaturated/α-hetero) is 1. The maximum atomic E-state index is 12.9. The van der Waals surface area contributed by atoms with Crippen LogP contribution in [0.2, 0.25) is 0 Å². The second kappa shape index (κ2) is 5.36. The Balaban J connectivity index is 2.65. The summed E-state index contributed by atoms with van der Waals surface area (Å²) in [4.78, 5) is 11.7. The molecule has 0 aliphatic rings. The van der Waals surface area contributed by atoms with Crippen LogP contribution in [0.3, 0.4) is 0 Å². The summed E-state index contributed by atoms with van der Waals surface area (Å²) in [6, 6.07) is 3.49. The molecule has 0 aliphatic carbocycles. The van der Waals surface area contributed by atoms with Crippen molar-refractivity contribution >= 4 is 5.78 Å². The molecule has 1 rings (SSSR count). The van der Waals surface area contributed by atoms with Gasteiger partial charge in [0.25, 0.3) is 0 Å². The van der Waals surface area contributed by atoms with Crippen molar-refractivity contribution in [1.82, 2.24) is 0 Å². The van der Waals surface area contributed by atoms with Gasteiger partial charge < -0.3 is 4.74 Å². The molecule has 0 N–H and O–H groups in total. The number of halogens is 2. The largest absolute Gasteiger partial charge is 0.378 e. The quantitative estimate of drug-likeness (QED) is 0.793. The molecule has 1 aromatic carbocycles. The minimum Gasteiger partial charge on any atom is -0.378 e. The lowest BCUT2D eigenvalue weighted by Gasteiger charge is -2.21. The predicted octanol–water partition coefficient (Wildman–Crippen LogP) is 2.89. The molecule has 0 aliphatic heterocycles. The molecule has 0 heterocycles. The average molecular weight is 242 g/mol. The molecule has 0 amide bonds. The van der Waals surface area contributed by atoms with Gasteiger partial charge in [-0.1, -0.05) is 6.07 Å². The van der Waals surface area contributed by atoms with Crippen LogP contribution in [-0.2, 0) is 16.0 Å². The Morgan fingerprint density at radius 2 is 1.94 bits per heavy atom. The Kier molecular flexibility index (Phi) is 4.34. The first-order valence-electron chi connectivity index (χ1n) is 5.35. The summed E-state index contributed by atoms with van der Waals surface area (Å²) in [6.45, 7) is 3.60. The van der Waals surface area contributed by atoms with Crippen molar-refractivity contribution in [2.24, 2.45) is 0 Å². The third-order valence-corrected chi connectivity index (χ3v) is 2.56. The minimum absolute atomic E-state index is 0.0668. The lowest BCUT2D eigenvalue weighted by atomic mass is 9.97. The Morgan fingerprint density at radius 3 is 2.47 bits per heavy atom. The zero-order valence-corrected chi connectivity index (χ0v) is 10.2. The van der Waals surface area contributed by atoms with Crippen LogP contribution in [0.25, 0.3) is 0 Å². The van der Waals surface area contributed by atoms with Crippen molar-refractivity contribution in [3.05, 3.63) is 35.4 Å². The van der Waals surface area contributed by atoms with Crippen molar-refractivity contribution in [3.63, 3.8) is 0 Å². The summed E-state index contributed by atoms with van der Waals surface area (Å²) in [5.74, 6) is -1.90. The van der Waals surface area contributed by atoms with E-state index in [0.29, 0.717) is 5.56 Å². The summed E-state index contributed by atoms with van der Waals surface area (Å²) < 4.78 is 30.7. The summed E-state index contributed by atoms with van der Waals surface area (Å²) in [7, 11) is 1.53. The highest BCUT2D eigenvalue weighted by atomic mass is 19.2. The molecule has 0 spiro atoms. The number of hydrogen-bond donors (Lipinski definition) is 0. The van der Waals surface area contributed by atoms with Crippen LogP contribution in [-0.4, -0.2) is 18.5 Å². The number of benzene rings is 1. The number of methoxy groups -OCH3 is 1. The number of ketones is 1. The van der Waals surface area contributed by atoms with E-state index in [1.165, 1.54) is 13.2 Å². The zero-order chi connectivity index (χ0) is 13.1. The fourth-order valence-corrected chi connectivity index (χ4v) is 1.49.